The van der Waals surface area contributed by atoms with Crippen molar-refractivity contribution < 1.29 is 0 Å². The van der Waals surface area contributed by atoms with Gasteiger partial charge in [-0.1, -0.05) is 116 Å². The van der Waals surface area contributed by atoms with Gasteiger partial charge < -0.3 is 9.80 Å². The Kier molecular flexibility index (Phi) is 8.81. The molecular weight excluding hydrogens is 581 g/mol. The molecule has 0 N–H and O–H groups in total. The van der Waals surface area contributed by atoms with Gasteiger partial charge >= 0.3 is 0 Å². The van der Waals surface area contributed by atoms with Gasteiger partial charge in [-0.25, -0.2) is 0 Å². The summed E-state index contributed by atoms with van der Waals surface area (Å²) < 4.78 is 0. The molecule has 48 heavy (non-hydrogen) atoms. The Morgan fingerprint density at radius 2 is 0.792 bits per heavy atom. The topological polar surface area (TPSA) is 6.48 Å². The lowest BCUT2D eigenvalue weighted by molar-refractivity contribution is 0.575. The molecule has 0 saturated carbocycles. The maximum absolute atomic E-state index is 2.40. The maximum atomic E-state index is 2.40. The normalized spacial score (nSPS) is 11.9. The lowest BCUT2D eigenvalue weighted by atomic mass is 9.87. The second-order valence-electron chi connectivity index (χ2n) is 13.2. The summed E-state index contributed by atoms with van der Waals surface area (Å²) in [6.07, 6.45) is 2.40. The summed E-state index contributed by atoms with van der Waals surface area (Å²) in [7, 11) is 0. The number of hydrogen-bond acceptors (Lipinski definition) is 2. The molecular formula is C46H42N2. The summed E-state index contributed by atoms with van der Waals surface area (Å²) in [4.78, 5) is 4.70. The number of anilines is 6. The maximum Gasteiger partial charge on any atom is 0.0468 e. The molecule has 2 nitrogen and oxygen atoms in total. The van der Waals surface area contributed by atoms with Crippen LogP contribution >= 0.6 is 0 Å². The van der Waals surface area contributed by atoms with E-state index < -0.39 is 0 Å². The van der Waals surface area contributed by atoms with Crippen molar-refractivity contribution in [1.29, 1.82) is 0 Å². The Morgan fingerprint density at radius 3 is 1.23 bits per heavy atom. The third-order valence-electron chi connectivity index (χ3n) is 9.13. The van der Waals surface area contributed by atoms with E-state index in [1.165, 1.54) is 32.7 Å². The van der Waals surface area contributed by atoms with Gasteiger partial charge in [0.2, 0.25) is 0 Å². The number of allylic oxidation sites excluding steroid dienone is 2. The first kappa shape index (κ1) is 31.0. The molecule has 0 bridgehead atoms. The molecule has 7 aromatic rings. The van der Waals surface area contributed by atoms with Crippen LogP contribution in [0.4, 0.5) is 34.1 Å². The minimum atomic E-state index is 0.386. The van der Waals surface area contributed by atoms with Crippen molar-refractivity contribution in [2.45, 2.75) is 33.6 Å². The monoisotopic (exact) mass is 622 g/mol. The van der Waals surface area contributed by atoms with Gasteiger partial charge in [-0.05, 0) is 120 Å². The van der Waals surface area contributed by atoms with E-state index in [1.807, 2.05) is 0 Å². The van der Waals surface area contributed by atoms with E-state index in [9.17, 15) is 0 Å². The predicted molar refractivity (Wildman–Crippen MR) is 208 cm³/mol. The molecule has 0 saturated heterocycles. The first-order valence-corrected chi connectivity index (χ1v) is 16.9. The van der Waals surface area contributed by atoms with E-state index in [0.29, 0.717) is 11.8 Å². The van der Waals surface area contributed by atoms with Gasteiger partial charge in [0.1, 0.15) is 0 Å². The van der Waals surface area contributed by atoms with Crippen LogP contribution in [0.15, 0.2) is 175 Å². The zero-order valence-electron chi connectivity index (χ0n) is 28.2. The molecule has 7 rings (SSSR count). The van der Waals surface area contributed by atoms with Crippen molar-refractivity contribution in [2.75, 3.05) is 9.80 Å². The molecule has 0 heterocycles. The molecule has 1 atom stereocenters. The highest BCUT2D eigenvalue weighted by atomic mass is 15.2. The molecule has 0 spiro atoms. The van der Waals surface area contributed by atoms with Crippen LogP contribution in [0.5, 0.6) is 0 Å². The quantitative estimate of drug-likeness (QED) is 0.148. The molecule has 7 aromatic carbocycles. The zero-order chi connectivity index (χ0) is 33.0. The molecule has 1 unspecified atom stereocenters. The molecule has 0 fully saturated rings. The first-order valence-electron chi connectivity index (χ1n) is 16.9. The van der Waals surface area contributed by atoms with Crippen LogP contribution in [0.3, 0.4) is 0 Å². The largest absolute Gasteiger partial charge is 0.310 e. The van der Waals surface area contributed by atoms with E-state index in [0.717, 1.165) is 34.1 Å². The predicted octanol–water partition coefficient (Wildman–Crippen LogP) is 13.6. The van der Waals surface area contributed by atoms with Gasteiger partial charge in [0.15, 0.2) is 0 Å². The fourth-order valence-corrected chi connectivity index (χ4v) is 6.73. The smallest absolute Gasteiger partial charge is 0.0468 e. The molecule has 236 valence electrons. The molecule has 2 heteroatoms. The fourth-order valence-electron chi connectivity index (χ4n) is 6.73. The summed E-state index contributed by atoms with van der Waals surface area (Å²) in [5.74, 6) is 0.904. The number of hydrogen-bond donors (Lipinski definition) is 0. The first-order chi connectivity index (χ1) is 23.4. The minimum Gasteiger partial charge on any atom is -0.310 e. The van der Waals surface area contributed by atoms with Gasteiger partial charge in [0, 0.05) is 40.0 Å². The lowest BCUT2D eigenvalue weighted by Gasteiger charge is -2.29. The van der Waals surface area contributed by atoms with Gasteiger partial charge in [0.05, 0.1) is 0 Å². The Bertz CT molecular complexity index is 2170. The zero-order valence-corrected chi connectivity index (χ0v) is 28.2. The highest BCUT2D eigenvalue weighted by Gasteiger charge is 2.18. The van der Waals surface area contributed by atoms with E-state index in [2.05, 4.69) is 207 Å². The summed E-state index contributed by atoms with van der Waals surface area (Å²) in [6.45, 7) is 8.98. The highest BCUT2D eigenvalue weighted by molar-refractivity contribution is 5.91. The van der Waals surface area contributed by atoms with Crippen LogP contribution < -0.4 is 9.80 Å². The van der Waals surface area contributed by atoms with Gasteiger partial charge in [-0.3, -0.25) is 0 Å². The molecule has 0 aliphatic carbocycles. The average Bonchev–Trinajstić information content (AvgIpc) is 3.12. The number of fused-ring (bicyclic) bond motifs is 2. The third kappa shape index (κ3) is 6.48. The van der Waals surface area contributed by atoms with Crippen molar-refractivity contribution in [3.8, 4) is 0 Å². The van der Waals surface area contributed by atoms with Crippen molar-refractivity contribution >= 4 is 55.7 Å². The van der Waals surface area contributed by atoms with Crippen LogP contribution in [-0.4, -0.2) is 0 Å². The van der Waals surface area contributed by atoms with Crippen molar-refractivity contribution in [1.82, 2.24) is 0 Å². The Morgan fingerprint density at radius 1 is 0.417 bits per heavy atom. The number of nitrogens with zero attached hydrogens (tertiary/aromatic N) is 2. The Balaban J connectivity index is 1.31. The van der Waals surface area contributed by atoms with E-state index in [1.54, 1.807) is 0 Å². The third-order valence-corrected chi connectivity index (χ3v) is 9.13. The molecule has 0 aliphatic rings. The van der Waals surface area contributed by atoms with Crippen molar-refractivity contribution in [2.24, 2.45) is 5.92 Å². The van der Waals surface area contributed by atoms with Gasteiger partial charge in [0.25, 0.3) is 0 Å². The van der Waals surface area contributed by atoms with E-state index >= 15 is 0 Å². The Hall–Kier alpha value is -5.60. The van der Waals surface area contributed by atoms with Crippen LogP contribution in [-0.2, 0) is 0 Å². The van der Waals surface area contributed by atoms with Crippen molar-refractivity contribution in [3.63, 3.8) is 0 Å². The minimum absolute atomic E-state index is 0.386. The van der Waals surface area contributed by atoms with Crippen LogP contribution in [0.25, 0.3) is 21.5 Å². The molecule has 0 amide bonds. The Labute approximate surface area is 285 Å². The SMILES string of the molecule is CC(C)=CC(c1ccc(N(c2ccc(N(c3ccccc3)c3ccc4ccccc4c3)cc2)c2ccc3ccccc3c2)cc1)C(C)C. The van der Waals surface area contributed by atoms with Crippen molar-refractivity contribution in [3.05, 3.63) is 181 Å². The van der Waals surface area contributed by atoms with E-state index in [-0.39, 0.29) is 0 Å². The highest BCUT2D eigenvalue weighted by Crippen LogP contribution is 2.41. The number of para-hydroxylation sites is 1. The average molecular weight is 623 g/mol. The number of rotatable bonds is 9. The van der Waals surface area contributed by atoms with Crippen LogP contribution in [0.2, 0.25) is 0 Å². The van der Waals surface area contributed by atoms with Gasteiger partial charge in [-0.15, -0.1) is 0 Å². The van der Waals surface area contributed by atoms with E-state index in [4.69, 9.17) is 0 Å². The second kappa shape index (κ2) is 13.6. The van der Waals surface area contributed by atoms with Crippen LogP contribution in [0, 0.1) is 5.92 Å². The number of benzene rings is 7. The molecule has 0 aromatic heterocycles. The summed E-state index contributed by atoms with van der Waals surface area (Å²) in [6, 6.07) is 59.3. The summed E-state index contributed by atoms with van der Waals surface area (Å²) in [5.41, 5.74) is 9.43. The summed E-state index contributed by atoms with van der Waals surface area (Å²) >= 11 is 0. The summed E-state index contributed by atoms with van der Waals surface area (Å²) in [5, 5.41) is 4.93. The molecule has 0 radical (unpaired) electrons. The van der Waals surface area contributed by atoms with Crippen LogP contribution in [0.1, 0.15) is 39.2 Å². The standard InChI is InChI=1S/C46H42N2/c1-33(2)30-46(34(3)4)37-20-22-41(23-21-37)48(45-25-19-36-13-9-11-15-39(36)32-45)43-28-26-42(27-29-43)47(40-16-6-5-7-17-40)44-24-18-35-12-8-10-14-38(35)31-44/h5-32,34,46H,1-4H3. The fraction of sp³-hybridized carbons (Fsp3) is 0.130. The molecule has 0 aliphatic heterocycles. The lowest BCUT2D eigenvalue weighted by Crippen LogP contribution is -2.12. The van der Waals surface area contributed by atoms with Gasteiger partial charge in [-0.2, -0.15) is 0 Å². The second-order valence-corrected chi connectivity index (χ2v) is 13.2.